The van der Waals surface area contributed by atoms with Crippen molar-refractivity contribution in [2.45, 2.75) is 31.1 Å². The predicted octanol–water partition coefficient (Wildman–Crippen LogP) is 2.70. The standard InChI is InChI=1S/C15H18N2O5S2/c1-9(2)14-15(16-8-23-14)17-24(20,21)12-6-10(7-13(18)19)4-5-11(12)22-3/h4-6,8-9,17H,7H2,1-3H3,(H,18,19). The summed E-state index contributed by atoms with van der Waals surface area (Å²) < 4.78 is 33.0. The average molecular weight is 370 g/mol. The summed E-state index contributed by atoms with van der Waals surface area (Å²) in [5.41, 5.74) is 1.94. The molecule has 1 aromatic carbocycles. The lowest BCUT2D eigenvalue weighted by atomic mass is 10.1. The Morgan fingerprint density at radius 3 is 2.71 bits per heavy atom. The topological polar surface area (TPSA) is 106 Å². The van der Waals surface area contributed by atoms with Crippen molar-refractivity contribution in [3.05, 3.63) is 34.2 Å². The lowest BCUT2D eigenvalue weighted by molar-refractivity contribution is -0.136. The minimum Gasteiger partial charge on any atom is -0.495 e. The Morgan fingerprint density at radius 1 is 1.42 bits per heavy atom. The van der Waals surface area contributed by atoms with E-state index in [1.807, 2.05) is 13.8 Å². The second-order valence-corrected chi connectivity index (χ2v) is 7.92. The molecule has 24 heavy (non-hydrogen) atoms. The minimum absolute atomic E-state index is 0.119. The zero-order chi connectivity index (χ0) is 17.9. The number of aromatic nitrogens is 1. The van der Waals surface area contributed by atoms with Gasteiger partial charge in [0.15, 0.2) is 5.82 Å². The number of carboxylic acids is 1. The number of anilines is 1. The molecule has 0 atom stereocenters. The van der Waals surface area contributed by atoms with Crippen LogP contribution in [0.4, 0.5) is 5.82 Å². The molecule has 0 aliphatic rings. The van der Waals surface area contributed by atoms with Crippen molar-refractivity contribution in [1.29, 1.82) is 0 Å². The Balaban J connectivity index is 2.44. The van der Waals surface area contributed by atoms with Crippen molar-refractivity contribution in [3.63, 3.8) is 0 Å². The quantitative estimate of drug-likeness (QED) is 0.776. The Kier molecular flexibility index (Phi) is 5.45. The molecule has 130 valence electrons. The second kappa shape index (κ2) is 7.18. The number of ether oxygens (including phenoxy) is 1. The fraction of sp³-hybridized carbons (Fsp3) is 0.333. The van der Waals surface area contributed by atoms with E-state index in [1.165, 1.54) is 36.6 Å². The molecule has 0 unspecified atom stereocenters. The van der Waals surface area contributed by atoms with E-state index >= 15 is 0 Å². The van der Waals surface area contributed by atoms with E-state index in [-0.39, 0.29) is 28.8 Å². The third-order valence-electron chi connectivity index (χ3n) is 3.22. The highest BCUT2D eigenvalue weighted by molar-refractivity contribution is 7.92. The Labute approximate surface area is 144 Å². The van der Waals surface area contributed by atoms with Crippen LogP contribution in [0.3, 0.4) is 0 Å². The summed E-state index contributed by atoms with van der Waals surface area (Å²) in [5.74, 6) is -0.507. The second-order valence-electron chi connectivity index (χ2n) is 5.38. The maximum atomic E-state index is 12.7. The molecular weight excluding hydrogens is 352 g/mol. The molecule has 0 saturated heterocycles. The van der Waals surface area contributed by atoms with Crippen LogP contribution in [0, 0.1) is 0 Å². The molecule has 0 aliphatic heterocycles. The number of carboxylic acid groups (broad SMARTS) is 1. The number of sulfonamides is 1. The minimum atomic E-state index is -3.96. The average Bonchev–Trinajstić information content (AvgIpc) is 2.94. The summed E-state index contributed by atoms with van der Waals surface area (Å²) >= 11 is 1.37. The molecular formula is C15H18N2O5S2. The number of rotatable bonds is 7. The van der Waals surface area contributed by atoms with Gasteiger partial charge in [0.1, 0.15) is 10.6 Å². The van der Waals surface area contributed by atoms with E-state index in [9.17, 15) is 13.2 Å². The first-order valence-corrected chi connectivity index (χ1v) is 9.45. The molecule has 0 saturated carbocycles. The molecule has 1 heterocycles. The zero-order valence-electron chi connectivity index (χ0n) is 13.4. The normalized spacial score (nSPS) is 11.5. The van der Waals surface area contributed by atoms with E-state index < -0.39 is 16.0 Å². The molecule has 7 nitrogen and oxygen atoms in total. The number of nitrogens with zero attached hydrogens (tertiary/aromatic N) is 1. The SMILES string of the molecule is COc1ccc(CC(=O)O)cc1S(=O)(=O)Nc1ncsc1C(C)C. The molecule has 0 amide bonds. The van der Waals surface area contributed by atoms with E-state index in [0.29, 0.717) is 5.56 Å². The van der Waals surface area contributed by atoms with Crippen molar-refractivity contribution in [1.82, 2.24) is 4.98 Å². The summed E-state index contributed by atoms with van der Waals surface area (Å²) in [5, 5.41) is 8.89. The molecule has 2 N–H and O–H groups in total. The maximum absolute atomic E-state index is 12.7. The Bertz CT molecular complexity index is 843. The smallest absolute Gasteiger partial charge is 0.307 e. The number of aliphatic carboxylic acids is 1. The van der Waals surface area contributed by atoms with Crippen molar-refractivity contribution in [2.75, 3.05) is 11.8 Å². The van der Waals surface area contributed by atoms with E-state index in [4.69, 9.17) is 9.84 Å². The van der Waals surface area contributed by atoms with Crippen LogP contribution in [-0.2, 0) is 21.2 Å². The lowest BCUT2D eigenvalue weighted by Crippen LogP contribution is -2.16. The third-order valence-corrected chi connectivity index (χ3v) is 5.71. The van der Waals surface area contributed by atoms with Gasteiger partial charge >= 0.3 is 5.97 Å². The molecule has 2 rings (SSSR count). The highest BCUT2D eigenvalue weighted by Crippen LogP contribution is 2.31. The van der Waals surface area contributed by atoms with Crippen LogP contribution in [0.5, 0.6) is 5.75 Å². The third kappa shape index (κ3) is 4.04. The van der Waals surface area contributed by atoms with E-state index in [0.717, 1.165) is 4.88 Å². The fourth-order valence-corrected chi connectivity index (χ4v) is 4.21. The van der Waals surface area contributed by atoms with E-state index in [2.05, 4.69) is 9.71 Å². The maximum Gasteiger partial charge on any atom is 0.307 e. The first-order chi connectivity index (χ1) is 11.2. The van der Waals surface area contributed by atoms with Gasteiger partial charge in [0.2, 0.25) is 0 Å². The zero-order valence-corrected chi connectivity index (χ0v) is 15.1. The van der Waals surface area contributed by atoms with Gasteiger partial charge in [0.05, 0.1) is 23.9 Å². The number of nitrogens with one attached hydrogen (secondary N) is 1. The van der Waals surface area contributed by atoms with E-state index in [1.54, 1.807) is 5.51 Å². The summed E-state index contributed by atoms with van der Waals surface area (Å²) in [6, 6.07) is 4.27. The van der Waals surface area contributed by atoms with Gasteiger partial charge in [-0.1, -0.05) is 19.9 Å². The van der Waals surface area contributed by atoms with Crippen LogP contribution >= 0.6 is 11.3 Å². The van der Waals surface area contributed by atoms with Crippen LogP contribution in [0.1, 0.15) is 30.2 Å². The number of methoxy groups -OCH3 is 1. The van der Waals surface area contributed by atoms with Gasteiger partial charge < -0.3 is 9.84 Å². The van der Waals surface area contributed by atoms with Crippen molar-refractivity contribution in [3.8, 4) is 5.75 Å². The first kappa shape index (κ1) is 18.2. The highest BCUT2D eigenvalue weighted by atomic mass is 32.2. The van der Waals surface area contributed by atoms with Crippen LogP contribution in [0.15, 0.2) is 28.6 Å². The summed E-state index contributed by atoms with van der Waals surface area (Å²) in [7, 11) is -2.61. The van der Waals surface area contributed by atoms with Gasteiger partial charge in [-0.2, -0.15) is 0 Å². The molecule has 9 heteroatoms. The number of thiazole rings is 1. The van der Waals surface area contributed by atoms with Crippen LogP contribution in [0.25, 0.3) is 0 Å². The van der Waals surface area contributed by atoms with Crippen LogP contribution < -0.4 is 9.46 Å². The van der Waals surface area contributed by atoms with Gasteiger partial charge in [-0.15, -0.1) is 11.3 Å². The van der Waals surface area contributed by atoms with Gasteiger partial charge in [0.25, 0.3) is 10.0 Å². The molecule has 0 fully saturated rings. The van der Waals surface area contributed by atoms with Crippen molar-refractivity contribution < 1.29 is 23.1 Å². The Hall–Kier alpha value is -2.13. The predicted molar refractivity (Wildman–Crippen MR) is 91.3 cm³/mol. The van der Waals surface area contributed by atoms with Gasteiger partial charge in [0, 0.05) is 0 Å². The molecule has 0 aliphatic carbocycles. The van der Waals surface area contributed by atoms with Crippen LogP contribution in [-0.4, -0.2) is 31.6 Å². The summed E-state index contributed by atoms with van der Waals surface area (Å²) in [6.45, 7) is 3.89. The number of carbonyl (C=O) groups is 1. The first-order valence-electron chi connectivity index (χ1n) is 7.09. The fourth-order valence-electron chi connectivity index (χ4n) is 2.14. The number of hydrogen-bond acceptors (Lipinski definition) is 6. The lowest BCUT2D eigenvalue weighted by Gasteiger charge is -2.13. The van der Waals surface area contributed by atoms with Gasteiger partial charge in [-0.3, -0.25) is 9.52 Å². The van der Waals surface area contributed by atoms with Crippen molar-refractivity contribution >= 4 is 33.1 Å². The highest BCUT2D eigenvalue weighted by Gasteiger charge is 2.23. The largest absolute Gasteiger partial charge is 0.495 e. The number of hydrogen-bond donors (Lipinski definition) is 2. The van der Waals surface area contributed by atoms with Gasteiger partial charge in [-0.25, -0.2) is 13.4 Å². The monoisotopic (exact) mass is 370 g/mol. The van der Waals surface area contributed by atoms with Crippen molar-refractivity contribution in [2.24, 2.45) is 0 Å². The van der Waals surface area contributed by atoms with Crippen LogP contribution in [0.2, 0.25) is 0 Å². The molecule has 0 radical (unpaired) electrons. The summed E-state index contributed by atoms with van der Waals surface area (Å²) in [6.07, 6.45) is -0.277. The summed E-state index contributed by atoms with van der Waals surface area (Å²) in [4.78, 5) is 15.6. The number of benzene rings is 1. The Morgan fingerprint density at radius 2 is 2.12 bits per heavy atom. The molecule has 0 spiro atoms. The van der Waals surface area contributed by atoms with Gasteiger partial charge in [-0.05, 0) is 23.6 Å². The molecule has 0 bridgehead atoms. The molecule has 1 aromatic heterocycles. The molecule has 2 aromatic rings.